The largest absolute Gasteiger partial charge is 0.330 e. The molecule has 0 atom stereocenters. The summed E-state index contributed by atoms with van der Waals surface area (Å²) < 4.78 is 1.54. The van der Waals surface area contributed by atoms with Crippen LogP contribution in [0.4, 0.5) is 0 Å². The zero-order valence-corrected chi connectivity index (χ0v) is 7.46. The van der Waals surface area contributed by atoms with Crippen molar-refractivity contribution in [3.05, 3.63) is 34.3 Å². The van der Waals surface area contributed by atoms with Crippen molar-refractivity contribution in [2.45, 2.75) is 13.8 Å². The van der Waals surface area contributed by atoms with Gasteiger partial charge >= 0.3 is 5.69 Å². The van der Waals surface area contributed by atoms with Crippen molar-refractivity contribution in [1.82, 2.24) is 19.7 Å². The Balaban J connectivity index is 2.71. The first-order chi connectivity index (χ1) is 6.20. The van der Waals surface area contributed by atoms with Gasteiger partial charge < -0.3 is 4.98 Å². The molecule has 13 heavy (non-hydrogen) atoms. The summed E-state index contributed by atoms with van der Waals surface area (Å²) >= 11 is 0. The molecular formula is C8H10N4O. The van der Waals surface area contributed by atoms with Gasteiger partial charge in [-0.25, -0.2) is 4.79 Å². The maximum Gasteiger partial charge on any atom is 0.330 e. The second kappa shape index (κ2) is 2.62. The number of aromatic amines is 2. The Kier molecular flexibility index (Phi) is 1.58. The van der Waals surface area contributed by atoms with Gasteiger partial charge in [0.05, 0.1) is 17.1 Å². The monoisotopic (exact) mass is 178 g/mol. The van der Waals surface area contributed by atoms with Crippen LogP contribution in [-0.2, 0) is 0 Å². The van der Waals surface area contributed by atoms with Gasteiger partial charge in [-0.15, -0.1) is 0 Å². The highest BCUT2D eigenvalue weighted by molar-refractivity contribution is 5.39. The van der Waals surface area contributed by atoms with Crippen molar-refractivity contribution in [3.8, 4) is 5.69 Å². The Morgan fingerprint density at radius 2 is 2.23 bits per heavy atom. The molecule has 0 bridgehead atoms. The Morgan fingerprint density at radius 1 is 1.46 bits per heavy atom. The van der Waals surface area contributed by atoms with Crippen LogP contribution in [0.1, 0.15) is 11.4 Å². The molecule has 68 valence electrons. The lowest BCUT2D eigenvalue weighted by Crippen LogP contribution is -2.15. The molecule has 0 saturated carbocycles. The topological polar surface area (TPSA) is 66.5 Å². The average Bonchev–Trinajstić information content (AvgIpc) is 2.60. The molecule has 5 heteroatoms. The van der Waals surface area contributed by atoms with Crippen LogP contribution in [0, 0.1) is 13.8 Å². The minimum Gasteiger partial charge on any atom is -0.312 e. The second-order valence-electron chi connectivity index (χ2n) is 2.92. The number of nitrogens with one attached hydrogen (secondary N) is 2. The zero-order valence-electron chi connectivity index (χ0n) is 7.46. The van der Waals surface area contributed by atoms with Crippen LogP contribution in [-0.4, -0.2) is 19.7 Å². The number of rotatable bonds is 1. The van der Waals surface area contributed by atoms with E-state index in [1.807, 2.05) is 13.8 Å². The van der Waals surface area contributed by atoms with E-state index in [1.165, 1.54) is 4.57 Å². The van der Waals surface area contributed by atoms with Gasteiger partial charge in [-0.3, -0.25) is 9.67 Å². The molecule has 0 aliphatic heterocycles. The third-order valence-electron chi connectivity index (χ3n) is 1.98. The molecule has 0 aromatic carbocycles. The van der Waals surface area contributed by atoms with Crippen molar-refractivity contribution in [2.75, 3.05) is 0 Å². The number of nitrogens with zero attached hydrogens (tertiary/aromatic N) is 2. The van der Waals surface area contributed by atoms with Gasteiger partial charge in [0.2, 0.25) is 0 Å². The van der Waals surface area contributed by atoms with Crippen LogP contribution >= 0.6 is 0 Å². The predicted molar refractivity (Wildman–Crippen MR) is 48.0 cm³/mol. The third-order valence-corrected chi connectivity index (χ3v) is 1.98. The molecule has 0 spiro atoms. The average molecular weight is 178 g/mol. The van der Waals surface area contributed by atoms with Crippen molar-refractivity contribution in [3.63, 3.8) is 0 Å². The summed E-state index contributed by atoms with van der Waals surface area (Å²) in [5.74, 6) is 0. The van der Waals surface area contributed by atoms with Crippen LogP contribution in [0.3, 0.4) is 0 Å². The fraction of sp³-hybridized carbons (Fsp3) is 0.250. The summed E-state index contributed by atoms with van der Waals surface area (Å²) in [5, 5.41) is 6.84. The molecule has 0 aliphatic rings. The molecule has 0 radical (unpaired) electrons. The van der Waals surface area contributed by atoms with E-state index in [9.17, 15) is 4.79 Å². The molecule has 0 aliphatic carbocycles. The first kappa shape index (κ1) is 7.85. The molecule has 2 N–H and O–H groups in total. The number of aromatic nitrogens is 4. The van der Waals surface area contributed by atoms with Gasteiger partial charge in [0, 0.05) is 12.4 Å². The van der Waals surface area contributed by atoms with E-state index >= 15 is 0 Å². The minimum atomic E-state index is -0.146. The highest BCUT2D eigenvalue weighted by atomic mass is 16.1. The van der Waals surface area contributed by atoms with E-state index in [0.717, 1.165) is 17.1 Å². The highest BCUT2D eigenvalue weighted by Crippen LogP contribution is 2.12. The number of hydrogen-bond acceptors (Lipinski definition) is 2. The zero-order chi connectivity index (χ0) is 9.42. The first-order valence-electron chi connectivity index (χ1n) is 3.98. The standard InChI is InChI=1S/C8H10N4O/c1-5-7(6(2)11-10-5)12-4-3-9-8(12)13/h3-4H,1-2H3,(H,9,13)(H,10,11). The molecule has 5 nitrogen and oxygen atoms in total. The van der Waals surface area contributed by atoms with Crippen molar-refractivity contribution < 1.29 is 0 Å². The van der Waals surface area contributed by atoms with Crippen molar-refractivity contribution in [1.29, 1.82) is 0 Å². The van der Waals surface area contributed by atoms with Crippen LogP contribution in [0.5, 0.6) is 0 Å². The maximum atomic E-state index is 11.3. The van der Waals surface area contributed by atoms with Gasteiger partial charge in [-0.2, -0.15) is 5.10 Å². The summed E-state index contributed by atoms with van der Waals surface area (Å²) in [6.45, 7) is 3.74. The molecule has 0 fully saturated rings. The van der Waals surface area contributed by atoms with Crippen LogP contribution in [0.25, 0.3) is 5.69 Å². The lowest BCUT2D eigenvalue weighted by molar-refractivity contribution is 0.966. The van der Waals surface area contributed by atoms with E-state index in [-0.39, 0.29) is 5.69 Å². The van der Waals surface area contributed by atoms with Gasteiger partial charge in [0.1, 0.15) is 0 Å². The lowest BCUT2D eigenvalue weighted by atomic mass is 10.3. The fourth-order valence-corrected chi connectivity index (χ4v) is 1.40. The van der Waals surface area contributed by atoms with Gasteiger partial charge in [-0.05, 0) is 13.8 Å². The Labute approximate surface area is 74.4 Å². The van der Waals surface area contributed by atoms with Crippen molar-refractivity contribution in [2.24, 2.45) is 0 Å². The van der Waals surface area contributed by atoms with Crippen LogP contribution in [0.2, 0.25) is 0 Å². The summed E-state index contributed by atoms with van der Waals surface area (Å²) in [6.07, 6.45) is 3.29. The quantitative estimate of drug-likeness (QED) is 0.668. The molecule has 2 heterocycles. The maximum absolute atomic E-state index is 11.3. The fourth-order valence-electron chi connectivity index (χ4n) is 1.40. The van der Waals surface area contributed by atoms with Crippen molar-refractivity contribution >= 4 is 0 Å². The molecular weight excluding hydrogens is 168 g/mol. The molecule has 2 aromatic heterocycles. The highest BCUT2D eigenvalue weighted by Gasteiger charge is 2.09. The Bertz CT molecular complexity index is 457. The predicted octanol–water partition coefficient (Wildman–Crippen LogP) is 0.506. The van der Waals surface area contributed by atoms with E-state index in [1.54, 1.807) is 12.4 Å². The van der Waals surface area contributed by atoms with Crippen LogP contribution < -0.4 is 5.69 Å². The third kappa shape index (κ3) is 1.09. The first-order valence-corrected chi connectivity index (χ1v) is 3.98. The summed E-state index contributed by atoms with van der Waals surface area (Å²) in [7, 11) is 0. The van der Waals surface area contributed by atoms with E-state index in [2.05, 4.69) is 15.2 Å². The number of aryl methyl sites for hydroxylation is 2. The normalized spacial score (nSPS) is 10.6. The van der Waals surface area contributed by atoms with Gasteiger partial charge in [-0.1, -0.05) is 0 Å². The smallest absolute Gasteiger partial charge is 0.312 e. The Hall–Kier alpha value is -1.78. The number of H-pyrrole nitrogens is 2. The molecule has 0 saturated heterocycles. The molecule has 2 rings (SSSR count). The van der Waals surface area contributed by atoms with Gasteiger partial charge in [0.15, 0.2) is 0 Å². The second-order valence-corrected chi connectivity index (χ2v) is 2.92. The number of imidazole rings is 1. The Morgan fingerprint density at radius 3 is 2.69 bits per heavy atom. The molecule has 0 amide bonds. The summed E-state index contributed by atoms with van der Waals surface area (Å²) in [4.78, 5) is 13.9. The lowest BCUT2D eigenvalue weighted by Gasteiger charge is -1.98. The summed E-state index contributed by atoms with van der Waals surface area (Å²) in [5.41, 5.74) is 2.39. The molecule has 0 unspecified atom stereocenters. The van der Waals surface area contributed by atoms with E-state index in [0.29, 0.717) is 0 Å². The minimum absolute atomic E-state index is 0.146. The number of hydrogen-bond donors (Lipinski definition) is 2. The molecule has 2 aromatic rings. The summed E-state index contributed by atoms with van der Waals surface area (Å²) in [6, 6.07) is 0. The van der Waals surface area contributed by atoms with E-state index in [4.69, 9.17) is 0 Å². The van der Waals surface area contributed by atoms with Crippen LogP contribution in [0.15, 0.2) is 17.2 Å². The SMILES string of the molecule is Cc1n[nH]c(C)c1-n1cc[nH]c1=O. The van der Waals surface area contributed by atoms with Gasteiger partial charge in [0.25, 0.3) is 0 Å². The van der Waals surface area contributed by atoms with E-state index < -0.39 is 0 Å².